The van der Waals surface area contributed by atoms with Crippen LogP contribution in [0.3, 0.4) is 0 Å². The Morgan fingerprint density at radius 1 is 1.44 bits per heavy atom. The minimum Gasteiger partial charge on any atom is -0.476 e. The van der Waals surface area contributed by atoms with Crippen LogP contribution in [0.15, 0.2) is 23.1 Å². The van der Waals surface area contributed by atoms with Gasteiger partial charge in [0.2, 0.25) is 9.05 Å². The lowest BCUT2D eigenvalue weighted by atomic mass is 10.2. The van der Waals surface area contributed by atoms with E-state index < -0.39 is 9.05 Å². The molecule has 0 saturated carbocycles. The first-order valence-corrected chi connectivity index (χ1v) is 7.98. The lowest BCUT2D eigenvalue weighted by molar-refractivity contribution is 0.215. The first-order chi connectivity index (χ1) is 7.25. The first-order valence-electron chi connectivity index (χ1n) is 4.68. The predicted molar refractivity (Wildman–Crippen MR) is 65.5 cm³/mol. The van der Waals surface area contributed by atoms with Crippen LogP contribution >= 0.6 is 22.4 Å². The summed E-state index contributed by atoms with van der Waals surface area (Å²) >= 11 is 1.62. The van der Waals surface area contributed by atoms with Gasteiger partial charge >= 0.3 is 0 Å². The van der Waals surface area contributed by atoms with Gasteiger partial charge in [-0.1, -0.05) is 17.8 Å². The van der Waals surface area contributed by atoms with E-state index in [4.69, 9.17) is 15.4 Å². The van der Waals surface area contributed by atoms with Crippen molar-refractivity contribution in [2.24, 2.45) is 0 Å². The van der Waals surface area contributed by atoms with Gasteiger partial charge in [0.15, 0.2) is 4.93 Å². The van der Waals surface area contributed by atoms with E-state index in [0.717, 1.165) is 10.6 Å². The normalized spacial score (nSPS) is 17.9. The molecule has 0 aromatic heterocycles. The zero-order chi connectivity index (χ0) is 12.0. The van der Waals surface area contributed by atoms with Crippen molar-refractivity contribution in [1.82, 2.24) is 0 Å². The Kier molecular flexibility index (Phi) is 2.88. The molecule has 1 heterocycles. The fraction of sp³-hybridized carbons (Fsp3) is 0.400. The highest BCUT2D eigenvalue weighted by molar-refractivity contribution is 8.13. The van der Waals surface area contributed by atoms with Crippen LogP contribution in [0.1, 0.15) is 19.4 Å². The van der Waals surface area contributed by atoms with Crippen molar-refractivity contribution in [1.29, 1.82) is 0 Å². The van der Waals surface area contributed by atoms with Gasteiger partial charge < -0.3 is 4.74 Å². The third kappa shape index (κ3) is 2.84. The third-order valence-electron chi connectivity index (χ3n) is 2.06. The number of halogens is 1. The SMILES string of the molecule is CC1(C)Oc2cc(CS(=O)(=O)Cl)ccc2S1. The Hall–Kier alpha value is -0.390. The van der Waals surface area contributed by atoms with E-state index in [0.29, 0.717) is 5.56 Å². The molecule has 2 rings (SSSR count). The molecule has 0 saturated heterocycles. The standard InChI is InChI=1S/C10H11ClO3S2/c1-10(2)14-8-5-7(6-16(11,12)13)3-4-9(8)15-10/h3-5H,6H2,1-2H3. The van der Waals surface area contributed by atoms with Crippen molar-refractivity contribution in [2.75, 3.05) is 0 Å². The zero-order valence-corrected chi connectivity index (χ0v) is 11.2. The van der Waals surface area contributed by atoms with Gasteiger partial charge in [0.05, 0.1) is 10.6 Å². The van der Waals surface area contributed by atoms with Crippen LogP contribution in [0.2, 0.25) is 0 Å². The van der Waals surface area contributed by atoms with Crippen molar-refractivity contribution in [3.8, 4) is 5.75 Å². The van der Waals surface area contributed by atoms with Crippen molar-refractivity contribution >= 4 is 31.5 Å². The zero-order valence-electron chi connectivity index (χ0n) is 8.86. The molecule has 0 spiro atoms. The molecule has 6 heteroatoms. The quantitative estimate of drug-likeness (QED) is 0.780. The lowest BCUT2D eigenvalue weighted by Gasteiger charge is -2.15. The molecule has 1 aliphatic heterocycles. The molecule has 0 bridgehead atoms. The highest BCUT2D eigenvalue weighted by atomic mass is 35.7. The Morgan fingerprint density at radius 2 is 2.12 bits per heavy atom. The summed E-state index contributed by atoms with van der Waals surface area (Å²) in [6, 6.07) is 5.36. The molecule has 0 N–H and O–H groups in total. The molecule has 0 atom stereocenters. The van der Waals surface area contributed by atoms with Crippen LogP contribution in [0.4, 0.5) is 0 Å². The van der Waals surface area contributed by atoms with Crippen LogP contribution in [-0.4, -0.2) is 13.4 Å². The van der Waals surface area contributed by atoms with Crippen LogP contribution in [0.25, 0.3) is 0 Å². The maximum absolute atomic E-state index is 10.9. The van der Waals surface area contributed by atoms with Crippen molar-refractivity contribution in [3.63, 3.8) is 0 Å². The number of thioether (sulfide) groups is 1. The highest BCUT2D eigenvalue weighted by Gasteiger charge is 2.31. The molecule has 0 amide bonds. The molecule has 1 aromatic rings. The second-order valence-electron chi connectivity index (χ2n) is 4.07. The fourth-order valence-corrected chi connectivity index (χ4v) is 3.51. The Labute approximate surface area is 104 Å². The number of benzene rings is 1. The first kappa shape index (κ1) is 12.1. The Morgan fingerprint density at radius 3 is 2.75 bits per heavy atom. The number of rotatable bonds is 2. The van der Waals surface area contributed by atoms with Gasteiger partial charge in [0.25, 0.3) is 0 Å². The van der Waals surface area contributed by atoms with Gasteiger partial charge in [-0.05, 0) is 31.5 Å². The highest BCUT2D eigenvalue weighted by Crippen LogP contribution is 2.47. The van der Waals surface area contributed by atoms with E-state index >= 15 is 0 Å². The number of fused-ring (bicyclic) bond motifs is 1. The van der Waals surface area contributed by atoms with Crippen LogP contribution < -0.4 is 4.74 Å². The summed E-state index contributed by atoms with van der Waals surface area (Å²) in [7, 11) is 1.69. The van der Waals surface area contributed by atoms with Gasteiger partial charge in [-0.25, -0.2) is 8.42 Å². The maximum Gasteiger partial charge on any atom is 0.236 e. The minimum absolute atomic E-state index is 0.170. The second kappa shape index (κ2) is 3.82. The number of hydrogen-bond donors (Lipinski definition) is 0. The smallest absolute Gasteiger partial charge is 0.236 e. The molecule has 88 valence electrons. The third-order valence-corrected chi connectivity index (χ3v) is 4.20. The molecule has 0 radical (unpaired) electrons. The van der Waals surface area contributed by atoms with Crippen molar-refractivity contribution in [3.05, 3.63) is 23.8 Å². The average molecular weight is 279 g/mol. The van der Waals surface area contributed by atoms with Gasteiger partial charge in [-0.2, -0.15) is 0 Å². The van der Waals surface area contributed by atoms with Gasteiger partial charge in [0, 0.05) is 10.7 Å². The summed E-state index contributed by atoms with van der Waals surface area (Å²) in [5, 5.41) is 0. The van der Waals surface area contributed by atoms with Gasteiger partial charge in [-0.3, -0.25) is 0 Å². The molecule has 0 aliphatic carbocycles. The minimum atomic E-state index is -3.51. The average Bonchev–Trinajstić information content (AvgIpc) is 2.34. The molecular formula is C10H11ClO3S2. The largest absolute Gasteiger partial charge is 0.476 e. The second-order valence-corrected chi connectivity index (χ2v) is 8.47. The van der Waals surface area contributed by atoms with E-state index in [9.17, 15) is 8.42 Å². The molecule has 1 aliphatic rings. The van der Waals surface area contributed by atoms with Crippen LogP contribution in [0, 0.1) is 0 Å². The fourth-order valence-electron chi connectivity index (χ4n) is 1.56. The van der Waals surface area contributed by atoms with E-state index in [-0.39, 0.29) is 10.7 Å². The Bertz CT molecular complexity index is 523. The molecule has 1 aromatic carbocycles. The van der Waals surface area contributed by atoms with Gasteiger partial charge in [0.1, 0.15) is 5.75 Å². The number of hydrogen-bond acceptors (Lipinski definition) is 4. The maximum atomic E-state index is 10.9. The molecular weight excluding hydrogens is 268 g/mol. The summed E-state index contributed by atoms with van der Waals surface area (Å²) in [5.41, 5.74) is 0.645. The van der Waals surface area contributed by atoms with Crippen LogP contribution in [0.5, 0.6) is 5.75 Å². The predicted octanol–water partition coefficient (Wildman–Crippen LogP) is 2.98. The van der Waals surface area contributed by atoms with E-state index in [1.807, 2.05) is 19.9 Å². The molecule has 3 nitrogen and oxygen atoms in total. The Balaban J connectivity index is 2.30. The van der Waals surface area contributed by atoms with E-state index in [2.05, 4.69) is 0 Å². The monoisotopic (exact) mass is 278 g/mol. The summed E-state index contributed by atoms with van der Waals surface area (Å²) in [5.74, 6) is 0.559. The van der Waals surface area contributed by atoms with Crippen LogP contribution in [-0.2, 0) is 14.8 Å². The van der Waals surface area contributed by atoms with Crippen molar-refractivity contribution < 1.29 is 13.2 Å². The summed E-state index contributed by atoms with van der Waals surface area (Å²) in [6.07, 6.45) is 0. The van der Waals surface area contributed by atoms with Crippen molar-refractivity contribution in [2.45, 2.75) is 29.4 Å². The van der Waals surface area contributed by atoms with E-state index in [1.54, 1.807) is 23.9 Å². The molecule has 0 fully saturated rings. The number of ether oxygens (including phenoxy) is 1. The summed E-state index contributed by atoms with van der Waals surface area (Å²) < 4.78 is 27.6. The summed E-state index contributed by atoms with van der Waals surface area (Å²) in [4.78, 5) is 0.738. The molecule has 0 unspecified atom stereocenters. The lowest BCUT2D eigenvalue weighted by Crippen LogP contribution is -2.18. The van der Waals surface area contributed by atoms with E-state index in [1.165, 1.54) is 0 Å². The molecule has 16 heavy (non-hydrogen) atoms. The van der Waals surface area contributed by atoms with Gasteiger partial charge in [-0.15, -0.1) is 0 Å². The topological polar surface area (TPSA) is 43.4 Å². The summed E-state index contributed by atoms with van der Waals surface area (Å²) in [6.45, 7) is 3.94.